The van der Waals surface area contributed by atoms with Crippen molar-refractivity contribution in [3.05, 3.63) is 45.9 Å². The fourth-order valence-electron chi connectivity index (χ4n) is 2.22. The molecular formula is C14H16ClN3S. The molecule has 5 heteroatoms. The monoisotopic (exact) mass is 293 g/mol. The Labute approximate surface area is 122 Å². The van der Waals surface area contributed by atoms with Crippen LogP contribution in [0.5, 0.6) is 0 Å². The number of rotatable bonds is 3. The van der Waals surface area contributed by atoms with Crippen LogP contribution in [0.2, 0.25) is 5.02 Å². The van der Waals surface area contributed by atoms with E-state index >= 15 is 0 Å². The van der Waals surface area contributed by atoms with Gasteiger partial charge in [0.1, 0.15) is 0 Å². The zero-order valence-corrected chi connectivity index (χ0v) is 12.2. The molecule has 19 heavy (non-hydrogen) atoms. The zero-order chi connectivity index (χ0) is 13.1. The molecular weight excluding hydrogens is 278 g/mol. The third kappa shape index (κ3) is 3.08. The van der Waals surface area contributed by atoms with E-state index in [4.69, 9.17) is 16.6 Å². The number of halogens is 1. The smallest absolute Gasteiger partial charge is 0.185 e. The maximum atomic E-state index is 6.19. The van der Waals surface area contributed by atoms with Gasteiger partial charge in [0.05, 0.1) is 5.69 Å². The summed E-state index contributed by atoms with van der Waals surface area (Å²) in [6, 6.07) is 7.97. The van der Waals surface area contributed by atoms with Crippen molar-refractivity contribution >= 4 is 28.1 Å². The second kappa shape index (κ2) is 5.90. The molecule has 100 valence electrons. The second-order valence-corrected chi connectivity index (χ2v) is 5.87. The van der Waals surface area contributed by atoms with E-state index in [2.05, 4.69) is 21.7 Å². The van der Waals surface area contributed by atoms with Crippen LogP contribution in [0.15, 0.2) is 29.6 Å². The van der Waals surface area contributed by atoms with E-state index in [0.29, 0.717) is 0 Å². The fourth-order valence-corrected chi connectivity index (χ4v) is 3.30. The van der Waals surface area contributed by atoms with Crippen LogP contribution in [-0.2, 0) is 6.42 Å². The van der Waals surface area contributed by atoms with Gasteiger partial charge in [-0.2, -0.15) is 0 Å². The SMILES string of the molecule is Clc1ccccc1Cc1csc(N2CCNCC2)n1. The van der Waals surface area contributed by atoms with Gasteiger partial charge in [0.15, 0.2) is 5.13 Å². The van der Waals surface area contributed by atoms with Crippen molar-refractivity contribution in [3.63, 3.8) is 0 Å². The van der Waals surface area contributed by atoms with Crippen LogP contribution < -0.4 is 10.2 Å². The summed E-state index contributed by atoms with van der Waals surface area (Å²) < 4.78 is 0. The quantitative estimate of drug-likeness (QED) is 0.943. The minimum atomic E-state index is 0.808. The number of benzene rings is 1. The number of hydrogen-bond acceptors (Lipinski definition) is 4. The van der Waals surface area contributed by atoms with Crippen LogP contribution in [0.1, 0.15) is 11.3 Å². The highest BCUT2D eigenvalue weighted by atomic mass is 35.5. The first-order valence-corrected chi connectivity index (χ1v) is 7.72. The molecule has 1 aliphatic rings. The summed E-state index contributed by atoms with van der Waals surface area (Å²) in [6.07, 6.45) is 0.808. The molecule has 0 amide bonds. The number of nitrogens with zero attached hydrogens (tertiary/aromatic N) is 2. The Balaban J connectivity index is 1.73. The number of piperazine rings is 1. The van der Waals surface area contributed by atoms with Gasteiger partial charge in [0, 0.05) is 43.0 Å². The first-order valence-electron chi connectivity index (χ1n) is 6.46. The van der Waals surface area contributed by atoms with Crippen LogP contribution in [-0.4, -0.2) is 31.2 Å². The van der Waals surface area contributed by atoms with E-state index in [-0.39, 0.29) is 0 Å². The van der Waals surface area contributed by atoms with Crippen molar-refractivity contribution in [2.24, 2.45) is 0 Å². The van der Waals surface area contributed by atoms with Crippen LogP contribution in [0.3, 0.4) is 0 Å². The molecule has 2 heterocycles. The molecule has 1 N–H and O–H groups in total. The zero-order valence-electron chi connectivity index (χ0n) is 10.6. The Morgan fingerprint density at radius 2 is 2.05 bits per heavy atom. The van der Waals surface area contributed by atoms with E-state index < -0.39 is 0 Å². The van der Waals surface area contributed by atoms with Crippen molar-refractivity contribution in [2.75, 3.05) is 31.1 Å². The van der Waals surface area contributed by atoms with Crippen molar-refractivity contribution in [2.45, 2.75) is 6.42 Å². The van der Waals surface area contributed by atoms with Gasteiger partial charge in [-0.15, -0.1) is 11.3 Å². The number of nitrogens with one attached hydrogen (secondary N) is 1. The Bertz CT molecular complexity index is 549. The largest absolute Gasteiger partial charge is 0.346 e. The van der Waals surface area contributed by atoms with E-state index in [1.807, 2.05) is 18.2 Å². The second-order valence-electron chi connectivity index (χ2n) is 4.63. The Morgan fingerprint density at radius 3 is 2.84 bits per heavy atom. The van der Waals surface area contributed by atoms with Gasteiger partial charge in [-0.05, 0) is 11.6 Å². The minimum Gasteiger partial charge on any atom is -0.346 e. The average molecular weight is 294 g/mol. The lowest BCUT2D eigenvalue weighted by Gasteiger charge is -2.26. The van der Waals surface area contributed by atoms with Gasteiger partial charge in [0.2, 0.25) is 0 Å². The van der Waals surface area contributed by atoms with Gasteiger partial charge < -0.3 is 10.2 Å². The molecule has 0 radical (unpaired) electrons. The number of anilines is 1. The standard InChI is InChI=1S/C14H16ClN3S/c15-13-4-2-1-3-11(13)9-12-10-19-14(17-12)18-7-5-16-6-8-18/h1-4,10,16H,5-9H2. The lowest BCUT2D eigenvalue weighted by Crippen LogP contribution is -2.43. The Hall–Kier alpha value is -1.10. The fraction of sp³-hybridized carbons (Fsp3) is 0.357. The molecule has 1 aromatic carbocycles. The van der Waals surface area contributed by atoms with E-state index in [1.165, 1.54) is 0 Å². The molecule has 3 rings (SSSR count). The van der Waals surface area contributed by atoms with Crippen LogP contribution in [0.4, 0.5) is 5.13 Å². The molecule has 1 aliphatic heterocycles. The summed E-state index contributed by atoms with van der Waals surface area (Å²) in [7, 11) is 0. The highest BCUT2D eigenvalue weighted by Gasteiger charge is 2.14. The third-order valence-electron chi connectivity index (χ3n) is 3.26. The summed E-state index contributed by atoms with van der Waals surface area (Å²) in [5.74, 6) is 0. The predicted molar refractivity (Wildman–Crippen MR) is 81.5 cm³/mol. The topological polar surface area (TPSA) is 28.2 Å². The van der Waals surface area contributed by atoms with Crippen molar-refractivity contribution < 1.29 is 0 Å². The molecule has 0 saturated carbocycles. The van der Waals surface area contributed by atoms with Crippen LogP contribution in [0.25, 0.3) is 0 Å². The van der Waals surface area contributed by atoms with Crippen LogP contribution >= 0.6 is 22.9 Å². The maximum absolute atomic E-state index is 6.19. The van der Waals surface area contributed by atoms with Crippen molar-refractivity contribution in [1.82, 2.24) is 10.3 Å². The van der Waals surface area contributed by atoms with Crippen molar-refractivity contribution in [1.29, 1.82) is 0 Å². The Morgan fingerprint density at radius 1 is 1.26 bits per heavy atom. The molecule has 0 aliphatic carbocycles. The normalized spacial score (nSPS) is 15.7. The number of thiazole rings is 1. The third-order valence-corrected chi connectivity index (χ3v) is 4.58. The van der Waals surface area contributed by atoms with Crippen LogP contribution in [0, 0.1) is 0 Å². The summed E-state index contributed by atoms with van der Waals surface area (Å²) in [4.78, 5) is 7.07. The van der Waals surface area contributed by atoms with Gasteiger partial charge >= 0.3 is 0 Å². The summed E-state index contributed by atoms with van der Waals surface area (Å²) >= 11 is 7.91. The highest BCUT2D eigenvalue weighted by Crippen LogP contribution is 2.24. The molecule has 0 spiro atoms. The average Bonchev–Trinajstić information content (AvgIpc) is 2.91. The minimum absolute atomic E-state index is 0.808. The lowest BCUT2D eigenvalue weighted by molar-refractivity contribution is 0.588. The van der Waals surface area contributed by atoms with Gasteiger partial charge in [0.25, 0.3) is 0 Å². The summed E-state index contributed by atoms with van der Waals surface area (Å²) in [5.41, 5.74) is 2.24. The molecule has 1 saturated heterocycles. The molecule has 2 aromatic rings. The van der Waals surface area contributed by atoms with Gasteiger partial charge in [-0.3, -0.25) is 0 Å². The summed E-state index contributed by atoms with van der Waals surface area (Å²) in [6.45, 7) is 4.16. The van der Waals surface area contributed by atoms with Gasteiger partial charge in [-0.1, -0.05) is 29.8 Å². The molecule has 1 fully saturated rings. The summed E-state index contributed by atoms with van der Waals surface area (Å²) in [5, 5.41) is 7.44. The first-order chi connectivity index (χ1) is 9.33. The van der Waals surface area contributed by atoms with E-state index in [9.17, 15) is 0 Å². The van der Waals surface area contributed by atoms with Crippen molar-refractivity contribution in [3.8, 4) is 0 Å². The molecule has 1 aromatic heterocycles. The van der Waals surface area contributed by atoms with E-state index in [0.717, 1.165) is 54.0 Å². The highest BCUT2D eigenvalue weighted by molar-refractivity contribution is 7.13. The molecule has 3 nitrogen and oxygen atoms in total. The molecule has 0 bridgehead atoms. The lowest BCUT2D eigenvalue weighted by atomic mass is 10.1. The first kappa shape index (κ1) is 12.9. The number of aromatic nitrogens is 1. The maximum Gasteiger partial charge on any atom is 0.185 e. The van der Waals surface area contributed by atoms with E-state index in [1.54, 1.807) is 11.3 Å². The predicted octanol–water partition coefficient (Wildman–Crippen LogP) is 2.80. The molecule has 0 unspecified atom stereocenters. The molecule has 0 atom stereocenters. The number of hydrogen-bond donors (Lipinski definition) is 1. The Kier molecular flexibility index (Phi) is 4.01. The van der Waals surface area contributed by atoms with Gasteiger partial charge in [-0.25, -0.2) is 4.98 Å².